The second-order valence-electron chi connectivity index (χ2n) is 5.66. The van der Waals surface area contributed by atoms with Crippen LogP contribution in [0, 0.1) is 0 Å². The van der Waals surface area contributed by atoms with E-state index >= 15 is 0 Å². The van der Waals surface area contributed by atoms with E-state index in [0.717, 1.165) is 27.2 Å². The summed E-state index contributed by atoms with van der Waals surface area (Å²) in [6, 6.07) is 10.0. The minimum absolute atomic E-state index is 0.0818. The predicted molar refractivity (Wildman–Crippen MR) is 93.5 cm³/mol. The van der Waals surface area contributed by atoms with E-state index in [4.69, 9.17) is 0 Å². The summed E-state index contributed by atoms with van der Waals surface area (Å²) < 4.78 is 23.3. The number of sulfone groups is 1. The predicted octanol–water partition coefficient (Wildman–Crippen LogP) is 2.96. The van der Waals surface area contributed by atoms with Gasteiger partial charge in [0.2, 0.25) is 0 Å². The Morgan fingerprint density at radius 1 is 1.17 bits per heavy atom. The maximum absolute atomic E-state index is 11.7. The number of nitrogens with one attached hydrogen (secondary N) is 1. The number of hydrogen-bond donors (Lipinski definition) is 1. The zero-order valence-corrected chi connectivity index (χ0v) is 13.9. The Morgan fingerprint density at radius 2 is 2.00 bits per heavy atom. The standard InChI is InChI=1S/C16H15N3O2S2/c20-23(21)7-6-12(9-23)19-15-14-13(11-4-2-1-3-5-11)8-22-16(14)18-10-17-15/h1-5,8,10,12H,6-7,9H2,(H,17,18,19). The highest BCUT2D eigenvalue weighted by molar-refractivity contribution is 7.91. The van der Waals surface area contributed by atoms with Crippen molar-refractivity contribution in [3.8, 4) is 11.1 Å². The second-order valence-corrected chi connectivity index (χ2v) is 8.75. The Balaban J connectivity index is 1.77. The molecule has 0 saturated carbocycles. The van der Waals surface area contributed by atoms with Gasteiger partial charge in [-0.2, -0.15) is 0 Å². The summed E-state index contributed by atoms with van der Waals surface area (Å²) in [7, 11) is -2.92. The van der Waals surface area contributed by atoms with Gasteiger partial charge in [0.25, 0.3) is 0 Å². The number of fused-ring (bicyclic) bond motifs is 1. The van der Waals surface area contributed by atoms with Crippen LogP contribution >= 0.6 is 11.3 Å². The van der Waals surface area contributed by atoms with E-state index in [1.54, 1.807) is 11.3 Å². The maximum atomic E-state index is 11.7. The average Bonchev–Trinajstić information content (AvgIpc) is 3.12. The van der Waals surface area contributed by atoms with Crippen LogP contribution in [-0.2, 0) is 9.84 Å². The molecule has 3 aromatic rings. The lowest BCUT2D eigenvalue weighted by atomic mass is 10.1. The molecule has 118 valence electrons. The Bertz CT molecular complexity index is 952. The molecule has 23 heavy (non-hydrogen) atoms. The number of thiophene rings is 1. The summed E-state index contributed by atoms with van der Waals surface area (Å²) in [5.41, 5.74) is 2.19. The summed E-state index contributed by atoms with van der Waals surface area (Å²) in [6.45, 7) is 0. The Kier molecular flexibility index (Phi) is 3.54. The summed E-state index contributed by atoms with van der Waals surface area (Å²) in [4.78, 5) is 9.61. The molecule has 1 atom stereocenters. The summed E-state index contributed by atoms with van der Waals surface area (Å²) >= 11 is 1.57. The molecule has 5 nitrogen and oxygen atoms in total. The molecular weight excluding hydrogens is 330 g/mol. The van der Waals surface area contributed by atoms with Gasteiger partial charge in [0.15, 0.2) is 9.84 Å². The number of aromatic nitrogens is 2. The SMILES string of the molecule is O=S1(=O)CCC(Nc2ncnc3scc(-c4ccccc4)c23)C1. The fourth-order valence-corrected chi connectivity index (χ4v) is 5.51. The lowest BCUT2D eigenvalue weighted by Gasteiger charge is -2.13. The van der Waals surface area contributed by atoms with Crippen LogP contribution in [0.5, 0.6) is 0 Å². The monoisotopic (exact) mass is 345 g/mol. The van der Waals surface area contributed by atoms with Crippen LogP contribution in [0.2, 0.25) is 0 Å². The Labute approximate surface area is 138 Å². The van der Waals surface area contributed by atoms with Crippen LogP contribution < -0.4 is 5.32 Å². The van der Waals surface area contributed by atoms with Crippen molar-refractivity contribution >= 4 is 37.2 Å². The normalized spacial score (nSPS) is 19.9. The second kappa shape index (κ2) is 5.58. The molecular formula is C16H15N3O2S2. The fraction of sp³-hybridized carbons (Fsp3) is 0.250. The van der Waals surface area contributed by atoms with E-state index < -0.39 is 9.84 Å². The lowest BCUT2D eigenvalue weighted by Crippen LogP contribution is -2.21. The number of benzene rings is 1. The molecule has 1 fully saturated rings. The number of rotatable bonds is 3. The van der Waals surface area contributed by atoms with Crippen LogP contribution in [-0.4, -0.2) is 35.9 Å². The Hall–Kier alpha value is -1.99. The molecule has 4 rings (SSSR count). The molecule has 1 aliphatic rings. The number of anilines is 1. The first-order chi connectivity index (χ1) is 11.1. The summed E-state index contributed by atoms with van der Waals surface area (Å²) in [6.07, 6.45) is 2.15. The molecule has 1 N–H and O–H groups in total. The molecule has 3 heterocycles. The van der Waals surface area contributed by atoms with E-state index in [2.05, 4.69) is 32.8 Å². The summed E-state index contributed by atoms with van der Waals surface area (Å²) in [5, 5.41) is 6.35. The topological polar surface area (TPSA) is 72.0 Å². The highest BCUT2D eigenvalue weighted by Gasteiger charge is 2.28. The van der Waals surface area contributed by atoms with Gasteiger partial charge in [0.05, 0.1) is 16.9 Å². The van der Waals surface area contributed by atoms with Gasteiger partial charge in [0.1, 0.15) is 17.0 Å². The minimum Gasteiger partial charge on any atom is -0.366 e. The molecule has 0 radical (unpaired) electrons. The smallest absolute Gasteiger partial charge is 0.152 e. The van der Waals surface area contributed by atoms with Crippen LogP contribution in [0.3, 0.4) is 0 Å². The highest BCUT2D eigenvalue weighted by Crippen LogP contribution is 2.36. The number of hydrogen-bond acceptors (Lipinski definition) is 6. The first-order valence-electron chi connectivity index (χ1n) is 7.37. The molecule has 0 bridgehead atoms. The van der Waals surface area contributed by atoms with Crippen molar-refractivity contribution in [1.29, 1.82) is 0 Å². The van der Waals surface area contributed by atoms with E-state index in [0.29, 0.717) is 6.42 Å². The molecule has 0 aliphatic carbocycles. The van der Waals surface area contributed by atoms with Crippen LogP contribution in [0.15, 0.2) is 42.0 Å². The zero-order chi connectivity index (χ0) is 15.9. The quantitative estimate of drug-likeness (QED) is 0.790. The molecule has 1 saturated heterocycles. The van der Waals surface area contributed by atoms with E-state index in [1.165, 1.54) is 6.33 Å². The molecule has 2 aromatic heterocycles. The van der Waals surface area contributed by atoms with Crippen molar-refractivity contribution in [3.05, 3.63) is 42.0 Å². The third kappa shape index (κ3) is 2.82. The van der Waals surface area contributed by atoms with Crippen molar-refractivity contribution in [1.82, 2.24) is 9.97 Å². The van der Waals surface area contributed by atoms with Gasteiger partial charge in [-0.1, -0.05) is 30.3 Å². The zero-order valence-electron chi connectivity index (χ0n) is 12.3. The fourth-order valence-electron chi connectivity index (χ4n) is 2.92. The van der Waals surface area contributed by atoms with E-state index in [9.17, 15) is 8.42 Å². The third-order valence-electron chi connectivity index (χ3n) is 4.03. The summed E-state index contributed by atoms with van der Waals surface area (Å²) in [5.74, 6) is 1.13. The van der Waals surface area contributed by atoms with Gasteiger partial charge in [-0.15, -0.1) is 11.3 Å². The number of nitrogens with zero attached hydrogens (tertiary/aromatic N) is 2. The van der Waals surface area contributed by atoms with Crippen molar-refractivity contribution in [2.75, 3.05) is 16.8 Å². The van der Waals surface area contributed by atoms with E-state index in [-0.39, 0.29) is 17.5 Å². The van der Waals surface area contributed by atoms with Crippen LogP contribution in [0.1, 0.15) is 6.42 Å². The minimum atomic E-state index is -2.92. The molecule has 0 amide bonds. The van der Waals surface area contributed by atoms with Gasteiger partial charge in [0, 0.05) is 17.0 Å². The largest absolute Gasteiger partial charge is 0.366 e. The van der Waals surface area contributed by atoms with Gasteiger partial charge in [-0.05, 0) is 12.0 Å². The lowest BCUT2D eigenvalue weighted by molar-refractivity contribution is 0.602. The van der Waals surface area contributed by atoms with Gasteiger partial charge in [-0.3, -0.25) is 0 Å². The van der Waals surface area contributed by atoms with Gasteiger partial charge < -0.3 is 5.32 Å². The van der Waals surface area contributed by atoms with Crippen molar-refractivity contribution < 1.29 is 8.42 Å². The maximum Gasteiger partial charge on any atom is 0.152 e. The average molecular weight is 345 g/mol. The first-order valence-corrected chi connectivity index (χ1v) is 10.1. The Morgan fingerprint density at radius 3 is 2.74 bits per heavy atom. The highest BCUT2D eigenvalue weighted by atomic mass is 32.2. The molecule has 1 unspecified atom stereocenters. The molecule has 1 aromatic carbocycles. The van der Waals surface area contributed by atoms with E-state index in [1.807, 2.05) is 18.2 Å². The molecule has 0 spiro atoms. The first kappa shape index (κ1) is 14.6. The van der Waals surface area contributed by atoms with Crippen LogP contribution in [0.4, 0.5) is 5.82 Å². The molecule has 7 heteroatoms. The van der Waals surface area contributed by atoms with Crippen molar-refractivity contribution in [3.63, 3.8) is 0 Å². The molecule has 1 aliphatic heterocycles. The third-order valence-corrected chi connectivity index (χ3v) is 6.68. The van der Waals surface area contributed by atoms with Gasteiger partial charge >= 0.3 is 0 Å². The van der Waals surface area contributed by atoms with Crippen molar-refractivity contribution in [2.24, 2.45) is 0 Å². The van der Waals surface area contributed by atoms with Gasteiger partial charge in [-0.25, -0.2) is 18.4 Å². The van der Waals surface area contributed by atoms with Crippen molar-refractivity contribution in [2.45, 2.75) is 12.5 Å². The van der Waals surface area contributed by atoms with Crippen LogP contribution in [0.25, 0.3) is 21.3 Å².